The minimum atomic E-state index is -1.09. The van der Waals surface area contributed by atoms with Crippen molar-refractivity contribution in [3.05, 3.63) is 95.6 Å². The van der Waals surface area contributed by atoms with E-state index in [0.717, 1.165) is 36.0 Å². The molecule has 0 aromatic heterocycles. The molecule has 4 N–H and O–H groups in total. The molecule has 0 saturated carbocycles. The van der Waals surface area contributed by atoms with Crippen LogP contribution in [-0.2, 0) is 57.6 Å². The maximum atomic E-state index is 14.6. The minimum Gasteiger partial charge on any atom is -0.477 e. The maximum Gasteiger partial charge on any atom is 0.311 e. The first-order valence-corrected chi connectivity index (χ1v) is 25.3. The molecule has 4 amide bonds. The van der Waals surface area contributed by atoms with E-state index in [9.17, 15) is 28.8 Å². The summed E-state index contributed by atoms with van der Waals surface area (Å²) in [6, 6.07) is 20.2. The van der Waals surface area contributed by atoms with Gasteiger partial charge in [0.05, 0.1) is 25.9 Å². The molecule has 0 spiro atoms. The monoisotopic (exact) mass is 979 g/mol. The first-order valence-electron chi connectivity index (χ1n) is 25.3. The predicted octanol–water partition coefficient (Wildman–Crippen LogP) is 5.80. The quantitative estimate of drug-likeness (QED) is 0.0165. The van der Waals surface area contributed by atoms with Crippen molar-refractivity contribution in [3.8, 4) is 23.8 Å². The summed E-state index contributed by atoms with van der Waals surface area (Å²) in [6.45, 7) is 14.1. The third kappa shape index (κ3) is 18.2. The Morgan fingerprint density at radius 1 is 0.732 bits per heavy atom. The van der Waals surface area contributed by atoms with Crippen LogP contribution in [0, 0.1) is 24.2 Å². The Bertz CT molecular complexity index is 2270. The molecule has 0 unspecified atom stereocenters. The highest BCUT2D eigenvalue weighted by atomic mass is 16.6. The molecule has 2 aliphatic rings. The lowest BCUT2D eigenvalue weighted by Gasteiger charge is -2.41. The number of epoxide rings is 1. The number of unbranched alkanes of at least 4 members (excludes halogenated alkanes) is 2. The Morgan fingerprint density at radius 2 is 1.32 bits per heavy atom. The number of benzene rings is 3. The van der Waals surface area contributed by atoms with E-state index in [2.05, 4.69) is 34.1 Å². The van der Waals surface area contributed by atoms with Gasteiger partial charge in [-0.25, -0.2) is 0 Å². The van der Waals surface area contributed by atoms with Crippen molar-refractivity contribution < 1.29 is 52.2 Å². The van der Waals surface area contributed by atoms with E-state index in [0.29, 0.717) is 55.9 Å². The van der Waals surface area contributed by atoms with Crippen LogP contribution in [0.5, 0.6) is 11.5 Å². The smallest absolute Gasteiger partial charge is 0.311 e. The average molecular weight is 979 g/mol. The van der Waals surface area contributed by atoms with Crippen LogP contribution in [0.1, 0.15) is 103 Å². The first kappa shape index (κ1) is 55.8. The summed E-state index contributed by atoms with van der Waals surface area (Å²) >= 11 is 0. The second kappa shape index (κ2) is 27.5. The molecule has 2 saturated heterocycles. The molecule has 3 aromatic carbocycles. The van der Waals surface area contributed by atoms with Crippen LogP contribution in [0.4, 0.5) is 0 Å². The van der Waals surface area contributed by atoms with E-state index in [-0.39, 0.29) is 80.7 Å². The fourth-order valence-corrected chi connectivity index (χ4v) is 8.82. The SMILES string of the molecule is C#CCOc1cc(C[N+]2(CC(=O)N[C@@H](CCc3ccccc3)C(=O)N[C@@H](CC(C)C)C(=O)N[C@@H](Cc3ccccc3)C(=O)N[C@@H](CC(C)C)C(=O)[C@@]3(C)CO3)CCOCC2)ccc1OC(=O)CCCCC. The molecular weight excluding hydrogens is 903 g/mol. The lowest BCUT2D eigenvalue weighted by Crippen LogP contribution is -2.61. The third-order valence-electron chi connectivity index (χ3n) is 12.9. The summed E-state index contributed by atoms with van der Waals surface area (Å²) in [6.07, 6.45) is 9.88. The summed E-state index contributed by atoms with van der Waals surface area (Å²) in [7, 11) is 0. The van der Waals surface area contributed by atoms with Gasteiger partial charge in [-0.15, -0.1) is 6.42 Å². The van der Waals surface area contributed by atoms with Crippen molar-refractivity contribution in [1.82, 2.24) is 21.3 Å². The zero-order valence-corrected chi connectivity index (χ0v) is 42.6. The minimum absolute atomic E-state index is 0.0188. The Morgan fingerprint density at radius 3 is 1.94 bits per heavy atom. The molecule has 2 aliphatic heterocycles. The second-order valence-electron chi connectivity index (χ2n) is 20.1. The van der Waals surface area contributed by atoms with Crippen LogP contribution in [0.15, 0.2) is 78.9 Å². The number of ether oxygens (including phenoxy) is 4. The zero-order chi connectivity index (χ0) is 51.4. The molecule has 0 bridgehead atoms. The molecular formula is C56H76N5O10+. The van der Waals surface area contributed by atoms with Gasteiger partial charge in [0.2, 0.25) is 17.7 Å². The number of quaternary nitrogens is 1. The van der Waals surface area contributed by atoms with Gasteiger partial charge < -0.3 is 44.7 Å². The highest BCUT2D eigenvalue weighted by Crippen LogP contribution is 2.32. The topological polar surface area (TPSA) is 191 Å². The van der Waals surface area contributed by atoms with Crippen LogP contribution in [0.25, 0.3) is 0 Å². The van der Waals surface area contributed by atoms with Gasteiger partial charge in [-0.05, 0) is 80.2 Å². The van der Waals surface area contributed by atoms with Crippen molar-refractivity contribution in [2.45, 2.75) is 136 Å². The maximum absolute atomic E-state index is 14.6. The Balaban J connectivity index is 1.36. The number of rotatable bonds is 29. The van der Waals surface area contributed by atoms with Crippen LogP contribution in [-0.4, -0.2) is 116 Å². The number of hydrogen-bond acceptors (Lipinski definition) is 10. The van der Waals surface area contributed by atoms with Gasteiger partial charge >= 0.3 is 5.97 Å². The normalized spacial score (nSPS) is 17.7. The number of Topliss-reactive ketones (excluding diaryl/α,β-unsaturated/α-hetero) is 1. The van der Waals surface area contributed by atoms with Gasteiger partial charge in [-0.1, -0.05) is 114 Å². The Kier molecular flexibility index (Phi) is 21.6. The van der Waals surface area contributed by atoms with Gasteiger partial charge in [0.15, 0.2) is 23.8 Å². The third-order valence-corrected chi connectivity index (χ3v) is 12.9. The molecule has 71 heavy (non-hydrogen) atoms. The van der Waals surface area contributed by atoms with Crippen LogP contribution < -0.4 is 30.7 Å². The summed E-state index contributed by atoms with van der Waals surface area (Å²) in [5.41, 5.74) is 1.62. The number of nitrogens with zero attached hydrogens (tertiary/aromatic N) is 1. The predicted molar refractivity (Wildman–Crippen MR) is 271 cm³/mol. The molecule has 2 heterocycles. The van der Waals surface area contributed by atoms with E-state index < -0.39 is 47.5 Å². The molecule has 384 valence electrons. The Hall–Kier alpha value is -6.08. The van der Waals surface area contributed by atoms with Gasteiger partial charge in [0.25, 0.3) is 5.91 Å². The number of terminal acetylenes is 1. The number of hydrogen-bond donors (Lipinski definition) is 4. The summed E-state index contributed by atoms with van der Waals surface area (Å²) in [4.78, 5) is 83.8. The Labute approximate surface area is 420 Å². The lowest BCUT2D eigenvalue weighted by atomic mass is 9.93. The number of nitrogens with one attached hydrogen (secondary N) is 4. The van der Waals surface area contributed by atoms with Crippen molar-refractivity contribution in [1.29, 1.82) is 0 Å². The molecule has 2 fully saturated rings. The zero-order valence-electron chi connectivity index (χ0n) is 42.6. The van der Waals surface area contributed by atoms with Crippen molar-refractivity contribution >= 4 is 35.4 Å². The summed E-state index contributed by atoms with van der Waals surface area (Å²) < 4.78 is 23.1. The van der Waals surface area contributed by atoms with Gasteiger partial charge in [-0.3, -0.25) is 28.8 Å². The molecule has 5 atom stereocenters. The molecule has 5 rings (SSSR count). The van der Waals surface area contributed by atoms with Gasteiger partial charge in [0.1, 0.15) is 50.0 Å². The van der Waals surface area contributed by atoms with Crippen molar-refractivity contribution in [3.63, 3.8) is 0 Å². The van der Waals surface area contributed by atoms with Crippen molar-refractivity contribution in [2.24, 2.45) is 11.8 Å². The number of carbonyl (C=O) groups is 6. The number of aryl methyl sites for hydroxylation is 1. The van der Waals surface area contributed by atoms with E-state index in [4.69, 9.17) is 25.4 Å². The number of esters is 1. The fraction of sp³-hybridized carbons (Fsp3) is 0.536. The molecule has 3 aromatic rings. The lowest BCUT2D eigenvalue weighted by molar-refractivity contribution is -0.940. The molecule has 15 nitrogen and oxygen atoms in total. The number of carbonyl (C=O) groups excluding carboxylic acids is 6. The van der Waals surface area contributed by atoms with E-state index >= 15 is 0 Å². The van der Waals surface area contributed by atoms with E-state index in [1.165, 1.54) is 0 Å². The van der Waals surface area contributed by atoms with E-state index in [1.54, 1.807) is 19.1 Å². The van der Waals surface area contributed by atoms with Crippen LogP contribution >= 0.6 is 0 Å². The highest BCUT2D eigenvalue weighted by molar-refractivity contribution is 5.99. The number of ketones is 1. The summed E-state index contributed by atoms with van der Waals surface area (Å²) in [5, 5.41) is 11.9. The van der Waals surface area contributed by atoms with Crippen LogP contribution in [0.2, 0.25) is 0 Å². The molecule has 15 heteroatoms. The molecule has 0 radical (unpaired) electrons. The molecule has 0 aliphatic carbocycles. The second-order valence-corrected chi connectivity index (χ2v) is 20.1. The highest BCUT2D eigenvalue weighted by Gasteiger charge is 2.50. The van der Waals surface area contributed by atoms with Crippen LogP contribution in [0.3, 0.4) is 0 Å². The summed E-state index contributed by atoms with van der Waals surface area (Å²) in [5.74, 6) is 0.528. The number of amides is 4. The van der Waals surface area contributed by atoms with Gasteiger partial charge in [0, 0.05) is 18.4 Å². The van der Waals surface area contributed by atoms with Gasteiger partial charge in [-0.2, -0.15) is 0 Å². The number of morpholine rings is 1. The average Bonchev–Trinajstić information content (AvgIpc) is 4.10. The van der Waals surface area contributed by atoms with E-state index in [1.807, 2.05) is 94.4 Å². The van der Waals surface area contributed by atoms with Crippen molar-refractivity contribution in [2.75, 3.05) is 46.1 Å². The fourth-order valence-electron chi connectivity index (χ4n) is 8.82. The first-order chi connectivity index (χ1) is 34.0. The largest absolute Gasteiger partial charge is 0.477 e. The standard InChI is InChI=1S/C56H75N5O10/c1-8-10-13-22-51(63)71-48-26-24-43(35-49(48)69-29-9-2)36-61(27-30-68-31-28-61)37-50(62)57-44(25-23-41-18-14-11-15-19-41)53(65)59-46(33-40(5)6)54(66)60-47(34-42-20-16-12-17-21-42)55(67)58-45(32-39(3)4)52(64)56(7)38-70-56/h2,11-12,14-21,24,26,35,39-40,44-47H,8,10,13,22-23,25,27-34,36-38H2,1,3-7H3,(H3-,57,58,59,60,62,65,66,67)/p+1/t44-,45-,46-,47-,56+/m0/s1.